The van der Waals surface area contributed by atoms with E-state index >= 15 is 0 Å². The van der Waals surface area contributed by atoms with Gasteiger partial charge >= 0.3 is 0 Å². The van der Waals surface area contributed by atoms with E-state index in [1.165, 1.54) is 0 Å². The number of fused-ring (bicyclic) bond motifs is 2. The quantitative estimate of drug-likeness (QED) is 0.465. The van der Waals surface area contributed by atoms with E-state index in [2.05, 4.69) is 24.3 Å². The van der Waals surface area contributed by atoms with Crippen molar-refractivity contribution in [1.29, 1.82) is 0 Å². The van der Waals surface area contributed by atoms with E-state index in [1.807, 2.05) is 53.4 Å². The number of hydrogen-bond acceptors (Lipinski definition) is 6. The van der Waals surface area contributed by atoms with Crippen LogP contribution in [-0.4, -0.2) is 33.9 Å². The Morgan fingerprint density at radius 1 is 1.12 bits per heavy atom. The van der Waals surface area contributed by atoms with Gasteiger partial charge in [-0.3, -0.25) is 4.79 Å². The average molecular weight is 449 g/mol. The van der Waals surface area contributed by atoms with Crippen molar-refractivity contribution in [1.82, 2.24) is 20.1 Å². The van der Waals surface area contributed by atoms with Gasteiger partial charge in [0.2, 0.25) is 0 Å². The molecule has 0 saturated heterocycles. The van der Waals surface area contributed by atoms with E-state index in [4.69, 9.17) is 14.5 Å². The molecule has 1 atom stereocenters. The Balaban J connectivity index is 1.50. The number of nitrogens with zero attached hydrogens (tertiary/aromatic N) is 3. The smallest absolute Gasteiger partial charge is 0.252 e. The highest BCUT2D eigenvalue weighted by Crippen LogP contribution is 2.33. The summed E-state index contributed by atoms with van der Waals surface area (Å²) in [6.45, 7) is 7.13. The van der Waals surface area contributed by atoms with Crippen LogP contribution in [0.3, 0.4) is 0 Å². The summed E-state index contributed by atoms with van der Waals surface area (Å²) in [6, 6.07) is 11.5. The largest absolute Gasteiger partial charge is 0.486 e. The third-order valence-electron chi connectivity index (χ3n) is 5.49. The first kappa shape index (κ1) is 20.5. The number of hydrogen-bond donors (Lipinski definition) is 1. The number of pyridine rings is 1. The summed E-state index contributed by atoms with van der Waals surface area (Å²) in [4.78, 5) is 19.2. The number of carbonyl (C=O) groups is 1. The number of carbonyl (C=O) groups excluding carboxylic acids is 1. The van der Waals surface area contributed by atoms with Gasteiger partial charge in [0.15, 0.2) is 17.1 Å². The van der Waals surface area contributed by atoms with Gasteiger partial charge in [0, 0.05) is 6.04 Å². The second-order valence-electron chi connectivity index (χ2n) is 8.05. The molecule has 164 valence electrons. The van der Waals surface area contributed by atoms with Crippen molar-refractivity contribution in [2.75, 3.05) is 13.2 Å². The van der Waals surface area contributed by atoms with Crippen LogP contribution >= 0.6 is 11.3 Å². The second kappa shape index (κ2) is 8.27. The van der Waals surface area contributed by atoms with Crippen molar-refractivity contribution in [2.45, 2.75) is 32.9 Å². The first-order valence-electron chi connectivity index (χ1n) is 10.6. The zero-order chi connectivity index (χ0) is 22.2. The van der Waals surface area contributed by atoms with Gasteiger partial charge in [0.1, 0.15) is 13.2 Å². The van der Waals surface area contributed by atoms with E-state index in [0.717, 1.165) is 27.3 Å². The lowest BCUT2D eigenvalue weighted by Gasteiger charge is -2.21. The van der Waals surface area contributed by atoms with Crippen LogP contribution in [0.1, 0.15) is 48.8 Å². The monoisotopic (exact) mass is 448 g/mol. The predicted octanol–water partition coefficient (Wildman–Crippen LogP) is 5.00. The molecule has 4 aromatic rings. The van der Waals surface area contributed by atoms with Crippen molar-refractivity contribution < 1.29 is 14.3 Å². The van der Waals surface area contributed by atoms with Gasteiger partial charge in [0.25, 0.3) is 5.91 Å². The first-order chi connectivity index (χ1) is 15.5. The Kier molecular flexibility index (Phi) is 5.30. The lowest BCUT2D eigenvalue weighted by molar-refractivity contribution is 0.0941. The lowest BCUT2D eigenvalue weighted by atomic mass is 10.1. The minimum atomic E-state index is -0.216. The number of nitrogens with one attached hydrogen (secondary N) is 1. The maximum absolute atomic E-state index is 13.4. The molecule has 3 aromatic heterocycles. The van der Waals surface area contributed by atoms with E-state index in [0.29, 0.717) is 30.2 Å². The molecule has 0 saturated carbocycles. The fourth-order valence-electron chi connectivity index (χ4n) is 3.82. The first-order valence-corrected chi connectivity index (χ1v) is 11.5. The summed E-state index contributed by atoms with van der Waals surface area (Å²) >= 11 is 1.60. The molecule has 0 radical (unpaired) electrons. The Morgan fingerprint density at radius 2 is 1.94 bits per heavy atom. The summed E-state index contributed by atoms with van der Waals surface area (Å²) in [5, 5.41) is 10.4. The molecule has 0 spiro atoms. The van der Waals surface area contributed by atoms with E-state index in [9.17, 15) is 4.79 Å². The maximum Gasteiger partial charge on any atom is 0.252 e. The van der Waals surface area contributed by atoms with Crippen LogP contribution in [0.4, 0.5) is 0 Å². The van der Waals surface area contributed by atoms with Crippen molar-refractivity contribution in [3.05, 3.63) is 59.1 Å². The highest BCUT2D eigenvalue weighted by Gasteiger charge is 2.21. The number of aromatic nitrogens is 3. The number of amides is 1. The molecular weight excluding hydrogens is 424 g/mol. The van der Waals surface area contributed by atoms with Gasteiger partial charge < -0.3 is 14.8 Å². The van der Waals surface area contributed by atoms with Crippen molar-refractivity contribution in [2.24, 2.45) is 0 Å². The molecule has 1 aliphatic rings. The third kappa shape index (κ3) is 3.71. The van der Waals surface area contributed by atoms with Crippen LogP contribution in [0.5, 0.6) is 11.5 Å². The molecule has 8 heteroatoms. The molecule has 4 heterocycles. The van der Waals surface area contributed by atoms with Gasteiger partial charge in [-0.1, -0.05) is 12.1 Å². The highest BCUT2D eigenvalue weighted by atomic mass is 32.1. The van der Waals surface area contributed by atoms with Crippen molar-refractivity contribution in [3.8, 4) is 22.1 Å². The molecule has 0 fully saturated rings. The topological polar surface area (TPSA) is 78.3 Å². The molecule has 1 amide bonds. The minimum absolute atomic E-state index is 0.131. The Bertz CT molecular complexity index is 1280. The molecule has 1 unspecified atom stereocenters. The number of thiophene rings is 1. The zero-order valence-electron chi connectivity index (χ0n) is 18.2. The van der Waals surface area contributed by atoms with Crippen LogP contribution in [0.15, 0.2) is 48.0 Å². The highest BCUT2D eigenvalue weighted by molar-refractivity contribution is 7.13. The number of benzene rings is 1. The van der Waals surface area contributed by atoms with Gasteiger partial charge in [-0.25, -0.2) is 9.67 Å². The molecule has 1 N–H and O–H groups in total. The SMILES string of the molecule is CC(NC(=O)c1cc(-c2cccs2)nc2c1cnn2C(C)C)c1ccc2c(c1)OCCO2. The lowest BCUT2D eigenvalue weighted by Crippen LogP contribution is -2.27. The number of ether oxygens (including phenoxy) is 2. The van der Waals surface area contributed by atoms with Crippen LogP contribution in [0, 0.1) is 0 Å². The Morgan fingerprint density at radius 3 is 2.69 bits per heavy atom. The molecular formula is C24H24N4O3S. The van der Waals surface area contributed by atoms with Crippen LogP contribution in [-0.2, 0) is 0 Å². The van der Waals surface area contributed by atoms with E-state index < -0.39 is 0 Å². The molecule has 7 nitrogen and oxygen atoms in total. The third-order valence-corrected chi connectivity index (χ3v) is 6.38. The molecule has 32 heavy (non-hydrogen) atoms. The predicted molar refractivity (Wildman–Crippen MR) is 125 cm³/mol. The molecule has 0 bridgehead atoms. The minimum Gasteiger partial charge on any atom is -0.486 e. The van der Waals surface area contributed by atoms with Gasteiger partial charge in [-0.2, -0.15) is 5.10 Å². The summed E-state index contributed by atoms with van der Waals surface area (Å²) in [5.74, 6) is 1.27. The van der Waals surface area contributed by atoms with E-state index in [-0.39, 0.29) is 18.0 Å². The zero-order valence-corrected chi connectivity index (χ0v) is 19.0. The Labute approximate surface area is 190 Å². The van der Waals surface area contributed by atoms with Gasteiger partial charge in [-0.05, 0) is 56.0 Å². The molecule has 1 aliphatic heterocycles. The second-order valence-corrected chi connectivity index (χ2v) is 9.00. The van der Waals surface area contributed by atoms with Crippen LogP contribution < -0.4 is 14.8 Å². The normalized spacial score (nSPS) is 14.0. The van der Waals surface area contributed by atoms with Crippen molar-refractivity contribution >= 4 is 28.3 Å². The summed E-state index contributed by atoms with van der Waals surface area (Å²) in [7, 11) is 0. The summed E-state index contributed by atoms with van der Waals surface area (Å²) < 4.78 is 13.1. The fraction of sp³-hybridized carbons (Fsp3) is 0.292. The van der Waals surface area contributed by atoms with Crippen LogP contribution in [0.25, 0.3) is 21.6 Å². The van der Waals surface area contributed by atoms with Crippen LogP contribution in [0.2, 0.25) is 0 Å². The van der Waals surface area contributed by atoms with Gasteiger partial charge in [0.05, 0.1) is 33.8 Å². The molecule has 5 rings (SSSR count). The van der Waals surface area contributed by atoms with E-state index in [1.54, 1.807) is 17.5 Å². The standard InChI is InChI=1S/C24H24N4O3S/c1-14(2)28-23-18(13-25-28)17(12-19(27-23)22-5-4-10-32-22)24(29)26-15(3)16-6-7-20-21(11-16)31-9-8-30-20/h4-7,10-15H,8-9H2,1-3H3,(H,26,29). The average Bonchev–Trinajstić information content (AvgIpc) is 3.48. The Hall–Kier alpha value is -3.39. The number of rotatable bonds is 5. The molecule has 0 aliphatic carbocycles. The summed E-state index contributed by atoms with van der Waals surface area (Å²) in [5.41, 5.74) is 2.99. The fourth-order valence-corrected chi connectivity index (χ4v) is 4.51. The van der Waals surface area contributed by atoms with Gasteiger partial charge in [-0.15, -0.1) is 11.3 Å². The maximum atomic E-state index is 13.4. The summed E-state index contributed by atoms with van der Waals surface area (Å²) in [6.07, 6.45) is 1.73. The molecule has 1 aromatic carbocycles. The van der Waals surface area contributed by atoms with Crippen molar-refractivity contribution in [3.63, 3.8) is 0 Å².